The van der Waals surface area contributed by atoms with Crippen molar-refractivity contribution in [1.82, 2.24) is 9.63 Å². The predicted octanol–water partition coefficient (Wildman–Crippen LogP) is 1.97. The molecule has 2 aliphatic heterocycles. The average molecular weight is 365 g/mol. The zero-order valence-electron chi connectivity index (χ0n) is 13.4. The summed E-state index contributed by atoms with van der Waals surface area (Å²) in [4.78, 5) is 25.8. The van der Waals surface area contributed by atoms with Gasteiger partial charge in [-0.25, -0.2) is 9.18 Å². The van der Waals surface area contributed by atoms with Gasteiger partial charge in [-0.05, 0) is 19.1 Å². The van der Waals surface area contributed by atoms with E-state index in [1.165, 1.54) is 16.8 Å². The lowest BCUT2D eigenvalue weighted by Gasteiger charge is -2.35. The normalized spacial score (nSPS) is 20.4. The molecule has 2 N–H and O–H groups in total. The summed E-state index contributed by atoms with van der Waals surface area (Å²) in [5.74, 6) is -1.86. The monoisotopic (exact) mass is 365 g/mol. The van der Waals surface area contributed by atoms with Gasteiger partial charge in [-0.3, -0.25) is 4.79 Å². The third kappa shape index (κ3) is 2.42. The van der Waals surface area contributed by atoms with Crippen LogP contribution in [0.4, 0.5) is 10.1 Å². The van der Waals surface area contributed by atoms with Gasteiger partial charge in [-0.1, -0.05) is 11.8 Å². The second kappa shape index (κ2) is 5.72. The lowest BCUT2D eigenvalue weighted by molar-refractivity contribution is -0.0936. The molecule has 1 saturated heterocycles. The first kappa shape index (κ1) is 16.4. The van der Waals surface area contributed by atoms with Gasteiger partial charge in [0, 0.05) is 31.6 Å². The number of carbonyl (C=O) groups is 1. The zero-order chi connectivity index (χ0) is 17.9. The molecule has 132 valence electrons. The Labute approximate surface area is 146 Å². The zero-order valence-corrected chi connectivity index (χ0v) is 14.2. The van der Waals surface area contributed by atoms with Crippen LogP contribution in [0, 0.1) is 5.82 Å². The quantitative estimate of drug-likeness (QED) is 0.841. The van der Waals surface area contributed by atoms with Crippen LogP contribution in [0.5, 0.6) is 0 Å². The first-order chi connectivity index (χ1) is 11.9. The third-order valence-electron chi connectivity index (χ3n) is 4.69. The van der Waals surface area contributed by atoms with E-state index < -0.39 is 17.2 Å². The fourth-order valence-corrected chi connectivity index (χ4v) is 4.56. The fourth-order valence-electron chi connectivity index (χ4n) is 3.40. The van der Waals surface area contributed by atoms with Crippen LogP contribution in [-0.2, 0) is 0 Å². The molecule has 2 aromatic rings. The molecule has 0 aliphatic carbocycles. The molecule has 1 atom stereocenters. The van der Waals surface area contributed by atoms with E-state index in [-0.39, 0.29) is 16.3 Å². The summed E-state index contributed by atoms with van der Waals surface area (Å²) in [5, 5.41) is 20.5. The number of aromatic nitrogens is 1. The lowest BCUT2D eigenvalue weighted by atomic mass is 10.1. The number of benzene rings is 1. The predicted molar refractivity (Wildman–Crippen MR) is 91.3 cm³/mol. The van der Waals surface area contributed by atoms with Crippen molar-refractivity contribution in [1.29, 1.82) is 0 Å². The summed E-state index contributed by atoms with van der Waals surface area (Å²) in [7, 11) is 0. The highest BCUT2D eigenvalue weighted by atomic mass is 32.2. The van der Waals surface area contributed by atoms with E-state index in [1.807, 2.05) is 11.8 Å². The molecular weight excluding hydrogens is 349 g/mol. The molecule has 0 bridgehead atoms. The minimum Gasteiger partial charge on any atom is -0.477 e. The minimum atomic E-state index is -1.29. The van der Waals surface area contributed by atoms with Gasteiger partial charge in [0.05, 0.1) is 21.6 Å². The van der Waals surface area contributed by atoms with E-state index in [0.717, 1.165) is 6.07 Å². The summed E-state index contributed by atoms with van der Waals surface area (Å²) in [6.07, 6.45) is 0. The molecule has 7 nitrogen and oxygen atoms in total. The second-order valence-corrected chi connectivity index (χ2v) is 7.47. The molecule has 1 unspecified atom stereocenters. The van der Waals surface area contributed by atoms with Crippen molar-refractivity contribution in [3.63, 3.8) is 0 Å². The van der Waals surface area contributed by atoms with Crippen LogP contribution in [0.3, 0.4) is 0 Å². The molecule has 0 spiro atoms. The van der Waals surface area contributed by atoms with Gasteiger partial charge in [-0.15, -0.1) is 0 Å². The van der Waals surface area contributed by atoms with E-state index in [2.05, 4.69) is 0 Å². The highest BCUT2D eigenvalue weighted by Gasteiger charge is 2.33. The van der Waals surface area contributed by atoms with Crippen molar-refractivity contribution in [3.8, 4) is 0 Å². The maximum atomic E-state index is 14.6. The highest BCUT2D eigenvalue weighted by Crippen LogP contribution is 2.46. The van der Waals surface area contributed by atoms with Crippen LogP contribution >= 0.6 is 11.8 Å². The van der Waals surface area contributed by atoms with Crippen molar-refractivity contribution < 1.29 is 19.5 Å². The number of nitrogens with zero attached hydrogens (tertiary/aromatic N) is 3. The molecule has 0 radical (unpaired) electrons. The van der Waals surface area contributed by atoms with Gasteiger partial charge in [-0.2, -0.15) is 5.06 Å². The van der Waals surface area contributed by atoms with E-state index in [9.17, 15) is 24.3 Å². The number of piperazine rings is 1. The molecule has 0 saturated carbocycles. The van der Waals surface area contributed by atoms with Gasteiger partial charge in [0.15, 0.2) is 0 Å². The van der Waals surface area contributed by atoms with Crippen molar-refractivity contribution in [2.75, 3.05) is 31.1 Å². The number of fused-ring (bicyclic) bond motifs is 3. The number of hydrogen-bond donors (Lipinski definition) is 2. The van der Waals surface area contributed by atoms with Crippen LogP contribution in [0.1, 0.15) is 22.7 Å². The molecule has 4 rings (SSSR count). The highest BCUT2D eigenvalue weighted by molar-refractivity contribution is 8.00. The maximum absolute atomic E-state index is 14.6. The lowest BCUT2D eigenvalue weighted by Crippen LogP contribution is -2.45. The van der Waals surface area contributed by atoms with Gasteiger partial charge >= 0.3 is 5.97 Å². The van der Waals surface area contributed by atoms with E-state index in [0.29, 0.717) is 42.4 Å². The van der Waals surface area contributed by atoms with Crippen LogP contribution in [-0.4, -0.2) is 52.1 Å². The molecule has 9 heteroatoms. The largest absolute Gasteiger partial charge is 0.477 e. The Morgan fingerprint density at radius 1 is 1.28 bits per heavy atom. The molecule has 3 heterocycles. The number of aromatic carboxylic acids is 1. The van der Waals surface area contributed by atoms with Crippen LogP contribution in [0.25, 0.3) is 10.9 Å². The van der Waals surface area contributed by atoms with Crippen LogP contribution in [0.15, 0.2) is 22.0 Å². The van der Waals surface area contributed by atoms with Crippen molar-refractivity contribution in [3.05, 3.63) is 33.7 Å². The Hall–Kier alpha value is -2.10. The van der Waals surface area contributed by atoms with Gasteiger partial charge in [0.2, 0.25) is 5.43 Å². The molecule has 1 fully saturated rings. The topological polar surface area (TPSA) is 86.0 Å². The Kier molecular flexibility index (Phi) is 3.75. The minimum absolute atomic E-state index is 0.0243. The second-order valence-electron chi connectivity index (χ2n) is 6.16. The average Bonchev–Trinajstić information content (AvgIpc) is 2.55. The Balaban J connectivity index is 1.93. The van der Waals surface area contributed by atoms with Crippen molar-refractivity contribution in [2.24, 2.45) is 0 Å². The number of halogens is 1. The number of pyridine rings is 1. The Bertz CT molecular complexity index is 953. The van der Waals surface area contributed by atoms with Crippen LogP contribution in [0.2, 0.25) is 0 Å². The standard InChI is InChI=1S/C16H16FN3O4S/c1-8-20-11-7-12(18-2-4-19(24)5-3-18)10(17)6-9(11)14(21)13(16(22)23)15(20)25-8/h6-8,24H,2-5H2,1H3,(H,22,23). The summed E-state index contributed by atoms with van der Waals surface area (Å²) in [6, 6.07) is 2.75. The number of rotatable bonds is 2. The summed E-state index contributed by atoms with van der Waals surface area (Å²) >= 11 is 1.32. The van der Waals surface area contributed by atoms with E-state index >= 15 is 0 Å². The molecule has 2 aliphatic rings. The van der Waals surface area contributed by atoms with Gasteiger partial charge in [0.1, 0.15) is 11.4 Å². The molecule has 1 aromatic carbocycles. The summed E-state index contributed by atoms with van der Waals surface area (Å²) in [5.41, 5.74) is -0.0450. The Morgan fingerprint density at radius 2 is 1.96 bits per heavy atom. The number of hydrogen-bond acceptors (Lipinski definition) is 6. The fraction of sp³-hybridized carbons (Fsp3) is 0.375. The van der Waals surface area contributed by atoms with E-state index in [1.54, 1.807) is 10.6 Å². The first-order valence-electron chi connectivity index (χ1n) is 7.89. The number of carboxylic acids is 1. The SMILES string of the molecule is CC1Sc2c(C(=O)O)c(=O)c3cc(F)c(N4CCN(O)CC4)cc3n21. The van der Waals surface area contributed by atoms with Gasteiger partial charge in [0.25, 0.3) is 0 Å². The molecule has 25 heavy (non-hydrogen) atoms. The van der Waals surface area contributed by atoms with Gasteiger partial charge < -0.3 is 19.8 Å². The third-order valence-corrected chi connectivity index (χ3v) is 5.86. The van der Waals surface area contributed by atoms with E-state index in [4.69, 9.17) is 0 Å². The number of anilines is 1. The smallest absolute Gasteiger partial charge is 0.342 e. The number of thioether (sulfide) groups is 1. The molecule has 1 aromatic heterocycles. The van der Waals surface area contributed by atoms with Crippen LogP contribution < -0.4 is 10.3 Å². The number of carboxylic acid groups (broad SMARTS) is 1. The molecular formula is C16H16FN3O4S. The maximum Gasteiger partial charge on any atom is 0.342 e. The summed E-state index contributed by atoms with van der Waals surface area (Å²) < 4.78 is 16.4. The van der Waals surface area contributed by atoms with Crippen molar-refractivity contribution >= 4 is 34.3 Å². The van der Waals surface area contributed by atoms with Crippen molar-refractivity contribution in [2.45, 2.75) is 17.3 Å². The first-order valence-corrected chi connectivity index (χ1v) is 8.77. The molecule has 0 amide bonds. The number of hydroxylamine groups is 2. The Morgan fingerprint density at radius 3 is 2.56 bits per heavy atom. The summed E-state index contributed by atoms with van der Waals surface area (Å²) in [6.45, 7) is 3.64.